The molecule has 0 aliphatic carbocycles. The number of hydrogen-bond acceptors (Lipinski definition) is 6. The van der Waals surface area contributed by atoms with Gasteiger partial charge < -0.3 is 15.2 Å². The van der Waals surface area contributed by atoms with Gasteiger partial charge in [-0.2, -0.15) is 14.0 Å². The van der Waals surface area contributed by atoms with Crippen molar-refractivity contribution >= 4 is 15.7 Å². The van der Waals surface area contributed by atoms with E-state index in [1.54, 1.807) is 11.4 Å². The first-order valence-corrected chi connectivity index (χ1v) is 8.50. The monoisotopic (exact) mass is 385 g/mol. The van der Waals surface area contributed by atoms with Crippen molar-refractivity contribution in [2.45, 2.75) is 17.0 Å². The highest BCUT2D eigenvalue weighted by molar-refractivity contribution is 7.89. The lowest BCUT2D eigenvalue weighted by molar-refractivity contribution is -0.0790. The third-order valence-corrected chi connectivity index (χ3v) is 4.58. The predicted octanol–water partition coefficient (Wildman–Crippen LogP) is 2.19. The maximum Gasteiger partial charge on any atom is 0.353 e. The Morgan fingerprint density at radius 1 is 1.31 bits per heavy atom. The van der Waals surface area contributed by atoms with Crippen molar-refractivity contribution in [2.75, 3.05) is 5.32 Å². The molecule has 0 amide bonds. The van der Waals surface area contributed by atoms with Gasteiger partial charge in [0.2, 0.25) is 10.0 Å². The largest absolute Gasteiger partial charge is 0.455 e. The molecule has 1 heterocycles. The summed E-state index contributed by atoms with van der Waals surface area (Å²) in [5, 5.41) is 25.3. The molecule has 4 N–H and O–H groups in total. The number of aliphatic hydroxyl groups excluding tert-OH is 1. The van der Waals surface area contributed by atoms with Crippen LogP contribution in [0, 0.1) is 17.1 Å². The summed E-state index contributed by atoms with van der Waals surface area (Å²) in [6.45, 7) is 0. The molecular weight excluding hydrogens is 375 g/mol. The van der Waals surface area contributed by atoms with E-state index in [-0.39, 0.29) is 17.1 Å². The number of hydrogen-bond donors (Lipinski definition) is 3. The normalized spacial score (nSPS) is 17.9. The quantitative estimate of drug-likeness (QED) is 0.696. The van der Waals surface area contributed by atoms with Crippen molar-refractivity contribution in [1.82, 2.24) is 0 Å². The molecule has 0 aromatic heterocycles. The highest BCUT2D eigenvalue weighted by atomic mass is 32.2. The standard InChI is InChI=1S/C15H10F3N3O4S/c16-8-3-7(6-19)4-9(5-8)25-10-1-2-11(26(20,23)24)12-13(10)21-15(17,18)14(12)22/h1-5,14,21-22H,(H2,20,23,24)/t14-/m0/s1. The van der Waals surface area contributed by atoms with Crippen LogP contribution in [0.5, 0.6) is 11.5 Å². The van der Waals surface area contributed by atoms with Crippen LogP contribution in [-0.4, -0.2) is 19.6 Å². The number of benzene rings is 2. The van der Waals surface area contributed by atoms with Crippen molar-refractivity contribution in [1.29, 1.82) is 5.26 Å². The van der Waals surface area contributed by atoms with Crippen LogP contribution in [-0.2, 0) is 10.0 Å². The van der Waals surface area contributed by atoms with E-state index in [0.29, 0.717) is 0 Å². The predicted molar refractivity (Wildman–Crippen MR) is 82.5 cm³/mol. The van der Waals surface area contributed by atoms with Crippen LogP contribution in [0.25, 0.3) is 0 Å². The molecule has 0 radical (unpaired) electrons. The Morgan fingerprint density at radius 3 is 2.62 bits per heavy atom. The number of nitriles is 1. The zero-order valence-corrected chi connectivity index (χ0v) is 13.5. The number of fused-ring (bicyclic) bond motifs is 1. The van der Waals surface area contributed by atoms with Gasteiger partial charge in [0, 0.05) is 11.6 Å². The fourth-order valence-corrected chi connectivity index (χ4v) is 3.32. The number of nitrogens with two attached hydrogens (primary N) is 1. The summed E-state index contributed by atoms with van der Waals surface area (Å²) >= 11 is 0. The van der Waals surface area contributed by atoms with Gasteiger partial charge in [-0.25, -0.2) is 17.9 Å². The third-order valence-electron chi connectivity index (χ3n) is 3.61. The van der Waals surface area contributed by atoms with Crippen molar-refractivity contribution in [3.8, 4) is 17.6 Å². The van der Waals surface area contributed by atoms with Gasteiger partial charge in [0.25, 0.3) is 0 Å². The zero-order valence-electron chi connectivity index (χ0n) is 12.7. The smallest absolute Gasteiger partial charge is 0.353 e. The maximum atomic E-state index is 13.8. The molecule has 0 unspecified atom stereocenters. The van der Waals surface area contributed by atoms with Crippen LogP contribution in [0.15, 0.2) is 35.2 Å². The summed E-state index contributed by atoms with van der Waals surface area (Å²) in [5.41, 5.74) is -1.24. The van der Waals surface area contributed by atoms with E-state index in [2.05, 4.69) is 0 Å². The lowest BCUT2D eigenvalue weighted by atomic mass is 10.1. The second-order valence-corrected chi connectivity index (χ2v) is 6.97. The maximum absolute atomic E-state index is 13.8. The Morgan fingerprint density at radius 2 is 2.00 bits per heavy atom. The lowest BCUT2D eigenvalue weighted by Gasteiger charge is -2.14. The van der Waals surface area contributed by atoms with Crippen molar-refractivity contribution in [3.05, 3.63) is 47.3 Å². The highest BCUT2D eigenvalue weighted by Crippen LogP contribution is 2.50. The van der Waals surface area contributed by atoms with E-state index in [1.165, 1.54) is 0 Å². The van der Waals surface area contributed by atoms with Gasteiger partial charge in [0.15, 0.2) is 11.9 Å². The molecule has 136 valence electrons. The first-order valence-electron chi connectivity index (χ1n) is 6.95. The zero-order chi connectivity index (χ0) is 19.3. The molecule has 3 rings (SSSR count). The molecule has 11 heteroatoms. The molecule has 0 fully saturated rings. The van der Waals surface area contributed by atoms with E-state index in [1.807, 2.05) is 0 Å². The first kappa shape index (κ1) is 18.0. The molecule has 2 aromatic rings. The van der Waals surface area contributed by atoms with E-state index < -0.39 is 44.1 Å². The summed E-state index contributed by atoms with van der Waals surface area (Å²) in [4.78, 5) is -0.700. The molecule has 26 heavy (non-hydrogen) atoms. The summed E-state index contributed by atoms with van der Waals surface area (Å²) in [6.07, 6.45) is -2.49. The highest BCUT2D eigenvalue weighted by Gasteiger charge is 2.50. The molecule has 0 bridgehead atoms. The van der Waals surface area contributed by atoms with E-state index in [9.17, 15) is 26.7 Å². The van der Waals surface area contributed by atoms with Gasteiger partial charge in [-0.1, -0.05) is 0 Å². The Bertz CT molecular complexity index is 1050. The Balaban J connectivity index is 2.15. The van der Waals surface area contributed by atoms with E-state index in [4.69, 9.17) is 15.1 Å². The van der Waals surface area contributed by atoms with Crippen LogP contribution in [0.2, 0.25) is 0 Å². The molecule has 1 aliphatic heterocycles. The van der Waals surface area contributed by atoms with Gasteiger partial charge >= 0.3 is 6.05 Å². The summed E-state index contributed by atoms with van der Waals surface area (Å²) in [5.74, 6) is -1.29. The average molecular weight is 385 g/mol. The first-order chi connectivity index (χ1) is 12.0. The van der Waals surface area contributed by atoms with E-state index >= 15 is 0 Å². The molecule has 1 aliphatic rings. The van der Waals surface area contributed by atoms with Gasteiger partial charge in [0.1, 0.15) is 11.6 Å². The fourth-order valence-electron chi connectivity index (χ4n) is 2.54. The van der Waals surface area contributed by atoms with E-state index in [0.717, 1.165) is 30.3 Å². The molecule has 7 nitrogen and oxygen atoms in total. The van der Waals surface area contributed by atoms with Gasteiger partial charge in [-0.3, -0.25) is 0 Å². The molecule has 0 saturated heterocycles. The van der Waals surface area contributed by atoms with Gasteiger partial charge in [-0.05, 0) is 24.3 Å². The topological polar surface area (TPSA) is 125 Å². The van der Waals surface area contributed by atoms with Crippen LogP contribution in [0.3, 0.4) is 0 Å². The third kappa shape index (κ3) is 3.05. The van der Waals surface area contributed by atoms with Crippen LogP contribution >= 0.6 is 0 Å². The number of anilines is 1. The minimum atomic E-state index is -4.41. The second-order valence-electron chi connectivity index (χ2n) is 5.44. The molecule has 2 aromatic carbocycles. The summed E-state index contributed by atoms with van der Waals surface area (Å²) in [7, 11) is -4.41. The van der Waals surface area contributed by atoms with Crippen molar-refractivity contribution in [3.63, 3.8) is 0 Å². The van der Waals surface area contributed by atoms with Crippen LogP contribution < -0.4 is 15.2 Å². The average Bonchev–Trinajstić information content (AvgIpc) is 2.77. The Kier molecular flexibility index (Phi) is 4.06. The number of aliphatic hydroxyl groups is 1. The lowest BCUT2D eigenvalue weighted by Crippen LogP contribution is -2.28. The molecular formula is C15H10F3N3O4S. The second kappa shape index (κ2) is 5.87. The minimum Gasteiger partial charge on any atom is -0.455 e. The summed E-state index contributed by atoms with van der Waals surface area (Å²) in [6, 6.07) is 2.75. The van der Waals surface area contributed by atoms with Gasteiger partial charge in [-0.15, -0.1) is 0 Å². The molecule has 0 saturated carbocycles. The van der Waals surface area contributed by atoms with Crippen molar-refractivity contribution < 1.29 is 31.4 Å². The molecule has 0 spiro atoms. The number of rotatable bonds is 3. The number of halogens is 3. The van der Waals surface area contributed by atoms with Crippen molar-refractivity contribution in [2.24, 2.45) is 5.14 Å². The number of nitrogens with zero attached hydrogens (tertiary/aromatic N) is 1. The number of nitrogens with one attached hydrogen (secondary N) is 1. The molecule has 1 atom stereocenters. The minimum absolute atomic E-state index is 0.0730. The number of ether oxygens (including phenoxy) is 1. The Labute approximate surface area is 145 Å². The SMILES string of the molecule is N#Cc1cc(F)cc(Oc2ccc(S(N)(=O)=O)c3c2NC(F)(F)[C@H]3O)c1. The van der Waals surface area contributed by atoms with Crippen LogP contribution in [0.1, 0.15) is 17.2 Å². The number of primary sulfonamides is 1. The Hall–Kier alpha value is -2.81. The summed E-state index contributed by atoms with van der Waals surface area (Å²) < 4.78 is 69.7. The number of alkyl halides is 2. The fraction of sp³-hybridized carbons (Fsp3) is 0.133. The van der Waals surface area contributed by atoms with Crippen LogP contribution in [0.4, 0.5) is 18.9 Å². The number of sulfonamides is 1. The van der Waals surface area contributed by atoms with Gasteiger partial charge in [0.05, 0.1) is 22.2 Å².